The van der Waals surface area contributed by atoms with Gasteiger partial charge in [0.2, 0.25) is 0 Å². The zero-order valence-corrected chi connectivity index (χ0v) is 16.7. The van der Waals surface area contributed by atoms with E-state index in [1.54, 1.807) is 7.11 Å². The first kappa shape index (κ1) is 20.2. The Kier molecular flexibility index (Phi) is 7.31. The minimum atomic E-state index is -0.0746. The van der Waals surface area contributed by atoms with Crippen molar-refractivity contribution >= 4 is 5.97 Å². The summed E-state index contributed by atoms with van der Waals surface area (Å²) in [4.78, 5) is 14.4. The molecule has 1 saturated heterocycles. The van der Waals surface area contributed by atoms with E-state index < -0.39 is 0 Å². The second kappa shape index (κ2) is 10.1. The van der Waals surface area contributed by atoms with Crippen LogP contribution in [0.3, 0.4) is 0 Å². The summed E-state index contributed by atoms with van der Waals surface area (Å²) in [5.74, 6) is 1.36. The van der Waals surface area contributed by atoms with E-state index in [1.807, 2.05) is 49.4 Å². The molecule has 5 nitrogen and oxygen atoms in total. The van der Waals surface area contributed by atoms with Crippen LogP contribution < -0.4 is 9.47 Å². The van der Waals surface area contributed by atoms with Crippen LogP contribution in [0, 0.1) is 5.92 Å². The largest absolute Gasteiger partial charge is 0.493 e. The summed E-state index contributed by atoms with van der Waals surface area (Å²) in [7, 11) is 1.66. The summed E-state index contributed by atoms with van der Waals surface area (Å²) < 4.78 is 16.7. The van der Waals surface area contributed by atoms with E-state index in [9.17, 15) is 4.79 Å². The molecule has 150 valence electrons. The summed E-state index contributed by atoms with van der Waals surface area (Å²) >= 11 is 0. The predicted octanol–water partition coefficient (Wildman–Crippen LogP) is 4.05. The smallest absolute Gasteiger partial charge is 0.310 e. The van der Waals surface area contributed by atoms with Gasteiger partial charge < -0.3 is 14.2 Å². The molecule has 0 aliphatic carbocycles. The quantitative estimate of drug-likeness (QED) is 0.644. The van der Waals surface area contributed by atoms with Crippen LogP contribution in [0.15, 0.2) is 48.5 Å². The standard InChI is InChI=1S/C23H29NO4/c1-3-27-23(25)20-10-7-13-24(16-20)15-19-11-12-21(22(14-19)26-2)28-17-18-8-5-4-6-9-18/h4-6,8-9,11-12,14,20H,3,7,10,13,15-17H2,1-2H3/t20-/m1/s1. The van der Waals surface area contributed by atoms with Crippen molar-refractivity contribution in [1.29, 1.82) is 0 Å². The molecular weight excluding hydrogens is 354 g/mol. The number of piperidine rings is 1. The van der Waals surface area contributed by atoms with Gasteiger partial charge in [-0.25, -0.2) is 0 Å². The first-order chi connectivity index (χ1) is 13.7. The van der Waals surface area contributed by atoms with E-state index in [0.717, 1.165) is 55.1 Å². The number of benzene rings is 2. The molecule has 3 rings (SSSR count). The number of carbonyl (C=O) groups is 1. The Balaban J connectivity index is 1.60. The average molecular weight is 383 g/mol. The number of hydrogen-bond acceptors (Lipinski definition) is 5. The fourth-order valence-electron chi connectivity index (χ4n) is 3.57. The molecule has 0 saturated carbocycles. The van der Waals surface area contributed by atoms with Gasteiger partial charge in [-0.1, -0.05) is 36.4 Å². The molecule has 1 heterocycles. The van der Waals surface area contributed by atoms with Crippen molar-refractivity contribution in [3.05, 3.63) is 59.7 Å². The van der Waals surface area contributed by atoms with Crippen LogP contribution in [0.25, 0.3) is 0 Å². The van der Waals surface area contributed by atoms with Gasteiger partial charge in [-0.15, -0.1) is 0 Å². The highest BCUT2D eigenvalue weighted by Crippen LogP contribution is 2.30. The van der Waals surface area contributed by atoms with Crippen molar-refractivity contribution in [1.82, 2.24) is 4.90 Å². The second-order valence-corrected chi connectivity index (χ2v) is 7.09. The summed E-state index contributed by atoms with van der Waals surface area (Å²) in [6, 6.07) is 16.1. The normalized spacial score (nSPS) is 17.1. The van der Waals surface area contributed by atoms with E-state index in [4.69, 9.17) is 14.2 Å². The number of likely N-dealkylation sites (tertiary alicyclic amines) is 1. The number of carbonyl (C=O) groups excluding carboxylic acids is 1. The van der Waals surface area contributed by atoms with Crippen molar-refractivity contribution in [3.8, 4) is 11.5 Å². The Labute approximate surface area is 167 Å². The summed E-state index contributed by atoms with van der Waals surface area (Å²) in [6.45, 7) is 5.32. The third-order valence-corrected chi connectivity index (χ3v) is 5.00. The number of hydrogen-bond donors (Lipinski definition) is 0. The van der Waals surface area contributed by atoms with Crippen LogP contribution in [0.1, 0.15) is 30.9 Å². The van der Waals surface area contributed by atoms with Gasteiger partial charge >= 0.3 is 5.97 Å². The zero-order chi connectivity index (χ0) is 19.8. The second-order valence-electron chi connectivity index (χ2n) is 7.09. The highest BCUT2D eigenvalue weighted by atomic mass is 16.5. The molecule has 0 aromatic heterocycles. The molecule has 2 aromatic carbocycles. The topological polar surface area (TPSA) is 48.0 Å². The van der Waals surface area contributed by atoms with Gasteiger partial charge in [0.05, 0.1) is 19.6 Å². The first-order valence-corrected chi connectivity index (χ1v) is 9.92. The maximum Gasteiger partial charge on any atom is 0.310 e. The zero-order valence-electron chi connectivity index (χ0n) is 16.7. The summed E-state index contributed by atoms with van der Waals surface area (Å²) in [5, 5.41) is 0. The van der Waals surface area contributed by atoms with Crippen LogP contribution in [-0.4, -0.2) is 37.7 Å². The Morgan fingerprint density at radius 3 is 2.68 bits per heavy atom. The van der Waals surface area contributed by atoms with E-state index in [0.29, 0.717) is 13.2 Å². The van der Waals surface area contributed by atoms with Crippen LogP contribution in [0.2, 0.25) is 0 Å². The Morgan fingerprint density at radius 1 is 1.11 bits per heavy atom. The molecule has 28 heavy (non-hydrogen) atoms. The highest BCUT2D eigenvalue weighted by Gasteiger charge is 2.26. The van der Waals surface area contributed by atoms with Crippen molar-refractivity contribution in [2.45, 2.75) is 32.9 Å². The number of methoxy groups -OCH3 is 1. The molecule has 5 heteroatoms. The molecule has 0 bridgehead atoms. The van der Waals surface area contributed by atoms with Crippen molar-refractivity contribution in [3.63, 3.8) is 0 Å². The molecule has 0 amide bonds. The molecule has 0 N–H and O–H groups in total. The predicted molar refractivity (Wildman–Crippen MR) is 108 cm³/mol. The molecule has 0 unspecified atom stereocenters. The molecule has 0 spiro atoms. The van der Waals surface area contributed by atoms with E-state index in [-0.39, 0.29) is 11.9 Å². The Morgan fingerprint density at radius 2 is 1.93 bits per heavy atom. The van der Waals surface area contributed by atoms with Gasteiger partial charge in [0, 0.05) is 13.1 Å². The van der Waals surface area contributed by atoms with Crippen molar-refractivity contribution < 1.29 is 19.0 Å². The first-order valence-electron chi connectivity index (χ1n) is 9.92. The molecule has 1 atom stereocenters. The van der Waals surface area contributed by atoms with Crippen LogP contribution in [-0.2, 0) is 22.7 Å². The van der Waals surface area contributed by atoms with Gasteiger partial charge in [0.25, 0.3) is 0 Å². The monoisotopic (exact) mass is 383 g/mol. The Hall–Kier alpha value is -2.53. The third kappa shape index (κ3) is 5.49. The molecule has 1 fully saturated rings. The lowest BCUT2D eigenvalue weighted by molar-refractivity contribution is -0.150. The molecule has 1 aliphatic rings. The van der Waals surface area contributed by atoms with E-state index >= 15 is 0 Å². The average Bonchev–Trinajstić information content (AvgIpc) is 2.74. The van der Waals surface area contributed by atoms with Crippen LogP contribution >= 0.6 is 0 Å². The van der Waals surface area contributed by atoms with Crippen molar-refractivity contribution in [2.24, 2.45) is 5.92 Å². The van der Waals surface area contributed by atoms with Gasteiger partial charge in [-0.05, 0) is 49.6 Å². The molecule has 0 radical (unpaired) electrons. The minimum absolute atomic E-state index is 0.0240. The molecular formula is C23H29NO4. The van der Waals surface area contributed by atoms with Gasteiger partial charge in [0.15, 0.2) is 11.5 Å². The lowest BCUT2D eigenvalue weighted by atomic mass is 9.97. The van der Waals surface area contributed by atoms with Gasteiger partial charge in [-0.2, -0.15) is 0 Å². The fraction of sp³-hybridized carbons (Fsp3) is 0.435. The van der Waals surface area contributed by atoms with Gasteiger partial charge in [0.1, 0.15) is 6.61 Å². The highest BCUT2D eigenvalue weighted by molar-refractivity contribution is 5.72. The maximum absolute atomic E-state index is 12.0. The minimum Gasteiger partial charge on any atom is -0.493 e. The van der Waals surface area contributed by atoms with Crippen molar-refractivity contribution in [2.75, 3.05) is 26.8 Å². The molecule has 1 aliphatic heterocycles. The number of esters is 1. The summed E-state index contributed by atoms with van der Waals surface area (Å²) in [6.07, 6.45) is 1.92. The maximum atomic E-state index is 12.0. The third-order valence-electron chi connectivity index (χ3n) is 5.00. The van der Waals surface area contributed by atoms with E-state index in [2.05, 4.69) is 11.0 Å². The van der Waals surface area contributed by atoms with E-state index in [1.165, 1.54) is 0 Å². The summed E-state index contributed by atoms with van der Waals surface area (Å²) in [5.41, 5.74) is 2.26. The SMILES string of the molecule is CCOC(=O)[C@@H]1CCCN(Cc2ccc(OCc3ccccc3)c(OC)c2)C1. The van der Waals surface area contributed by atoms with Crippen LogP contribution in [0.5, 0.6) is 11.5 Å². The Bertz CT molecular complexity index is 762. The lowest BCUT2D eigenvalue weighted by Crippen LogP contribution is -2.38. The van der Waals surface area contributed by atoms with Crippen LogP contribution in [0.4, 0.5) is 0 Å². The number of nitrogens with zero attached hydrogens (tertiary/aromatic N) is 1. The van der Waals surface area contributed by atoms with Gasteiger partial charge in [-0.3, -0.25) is 9.69 Å². The lowest BCUT2D eigenvalue weighted by Gasteiger charge is -2.31. The number of ether oxygens (including phenoxy) is 3. The fourth-order valence-corrected chi connectivity index (χ4v) is 3.57. The molecule has 2 aromatic rings. The number of rotatable bonds is 8.